The molecular formula is C16H21NO4. The standard InChI is InChI=1S/C16H21NO4/c1-10-5-4-6-13(7-10)9-14(12(3)18)17-16(21)11(2)8-15(19)20/h4-7,11,14H,8-9H2,1-3H3,(H,17,21)(H,19,20)/t11-,14-/m0/s1. The smallest absolute Gasteiger partial charge is 0.304 e. The van der Waals surface area contributed by atoms with Crippen molar-refractivity contribution in [3.63, 3.8) is 0 Å². The number of carbonyl (C=O) groups is 3. The molecule has 0 heterocycles. The highest BCUT2D eigenvalue weighted by atomic mass is 16.4. The Labute approximate surface area is 124 Å². The van der Waals surface area contributed by atoms with Crippen molar-refractivity contribution < 1.29 is 19.5 Å². The second kappa shape index (κ2) is 7.57. The van der Waals surface area contributed by atoms with Gasteiger partial charge in [0.15, 0.2) is 5.78 Å². The molecule has 1 rings (SSSR count). The first-order chi connectivity index (χ1) is 9.79. The maximum absolute atomic E-state index is 11.9. The summed E-state index contributed by atoms with van der Waals surface area (Å²) in [5.74, 6) is -2.25. The van der Waals surface area contributed by atoms with E-state index in [1.807, 2.05) is 31.2 Å². The summed E-state index contributed by atoms with van der Waals surface area (Å²) in [5, 5.41) is 11.3. The van der Waals surface area contributed by atoms with Gasteiger partial charge in [0.05, 0.1) is 12.5 Å². The van der Waals surface area contributed by atoms with E-state index in [1.54, 1.807) is 0 Å². The molecule has 0 aliphatic heterocycles. The molecule has 1 aromatic rings. The van der Waals surface area contributed by atoms with Crippen LogP contribution in [0.15, 0.2) is 24.3 Å². The van der Waals surface area contributed by atoms with Crippen LogP contribution in [0.5, 0.6) is 0 Å². The van der Waals surface area contributed by atoms with E-state index in [1.165, 1.54) is 13.8 Å². The summed E-state index contributed by atoms with van der Waals surface area (Å²) in [4.78, 5) is 34.2. The fourth-order valence-corrected chi connectivity index (χ4v) is 2.04. The Hall–Kier alpha value is -2.17. The average Bonchev–Trinajstić information content (AvgIpc) is 2.36. The minimum absolute atomic E-state index is 0.146. The molecule has 0 saturated heterocycles. The van der Waals surface area contributed by atoms with Crippen molar-refractivity contribution in [2.24, 2.45) is 5.92 Å². The van der Waals surface area contributed by atoms with Gasteiger partial charge in [-0.15, -0.1) is 0 Å². The summed E-state index contributed by atoms with van der Waals surface area (Å²) < 4.78 is 0. The summed E-state index contributed by atoms with van der Waals surface area (Å²) >= 11 is 0. The summed E-state index contributed by atoms with van der Waals surface area (Å²) in [6, 6.07) is 7.09. The number of Topliss-reactive ketones (excluding diaryl/α,β-unsaturated/α-hetero) is 1. The Morgan fingerprint density at radius 2 is 1.95 bits per heavy atom. The van der Waals surface area contributed by atoms with Crippen molar-refractivity contribution in [3.8, 4) is 0 Å². The molecule has 1 aromatic carbocycles. The van der Waals surface area contributed by atoms with Gasteiger partial charge in [0.25, 0.3) is 0 Å². The number of rotatable bonds is 7. The van der Waals surface area contributed by atoms with E-state index in [0.29, 0.717) is 6.42 Å². The van der Waals surface area contributed by atoms with Crippen molar-refractivity contribution in [1.29, 1.82) is 0 Å². The largest absolute Gasteiger partial charge is 0.481 e. The van der Waals surface area contributed by atoms with Crippen molar-refractivity contribution in [1.82, 2.24) is 5.32 Å². The molecule has 0 unspecified atom stereocenters. The minimum atomic E-state index is -1.03. The molecular weight excluding hydrogens is 270 g/mol. The SMILES string of the molecule is CC(=O)[C@H](Cc1cccc(C)c1)NC(=O)[C@@H](C)CC(=O)O. The van der Waals surface area contributed by atoms with Crippen LogP contribution in [0.2, 0.25) is 0 Å². The van der Waals surface area contributed by atoms with Gasteiger partial charge in [-0.2, -0.15) is 0 Å². The minimum Gasteiger partial charge on any atom is -0.481 e. The van der Waals surface area contributed by atoms with Crippen LogP contribution in [0.4, 0.5) is 0 Å². The monoisotopic (exact) mass is 291 g/mol. The third-order valence-electron chi connectivity index (χ3n) is 3.26. The van der Waals surface area contributed by atoms with Crippen LogP contribution in [0.1, 0.15) is 31.4 Å². The fraction of sp³-hybridized carbons (Fsp3) is 0.438. The molecule has 0 aromatic heterocycles. The molecule has 2 N–H and O–H groups in total. The van der Waals surface area contributed by atoms with Crippen LogP contribution in [0.25, 0.3) is 0 Å². The molecule has 5 nitrogen and oxygen atoms in total. The maximum atomic E-state index is 11.9. The Morgan fingerprint density at radius 1 is 1.29 bits per heavy atom. The number of aryl methyl sites for hydroxylation is 1. The first-order valence-electron chi connectivity index (χ1n) is 6.87. The molecule has 0 aliphatic rings. The highest BCUT2D eigenvalue weighted by Crippen LogP contribution is 2.09. The zero-order chi connectivity index (χ0) is 16.0. The van der Waals surface area contributed by atoms with Gasteiger partial charge in [-0.3, -0.25) is 14.4 Å². The van der Waals surface area contributed by atoms with Crippen LogP contribution >= 0.6 is 0 Å². The lowest BCUT2D eigenvalue weighted by molar-refractivity contribution is -0.141. The topological polar surface area (TPSA) is 83.5 Å². The fourth-order valence-electron chi connectivity index (χ4n) is 2.04. The van der Waals surface area contributed by atoms with Crippen molar-refractivity contribution in [2.45, 2.75) is 39.7 Å². The summed E-state index contributed by atoms with van der Waals surface area (Å²) in [7, 11) is 0. The van der Waals surface area contributed by atoms with Crippen molar-refractivity contribution in [3.05, 3.63) is 35.4 Å². The number of nitrogens with one attached hydrogen (secondary N) is 1. The number of carboxylic acid groups (broad SMARTS) is 1. The molecule has 0 radical (unpaired) electrons. The molecule has 5 heteroatoms. The molecule has 0 spiro atoms. The highest BCUT2D eigenvalue weighted by molar-refractivity contribution is 5.89. The van der Waals surface area contributed by atoms with Crippen LogP contribution in [0.3, 0.4) is 0 Å². The molecule has 2 atom stereocenters. The van der Waals surface area contributed by atoms with Gasteiger partial charge in [0.2, 0.25) is 5.91 Å². The second-order valence-corrected chi connectivity index (χ2v) is 5.36. The molecule has 114 valence electrons. The van der Waals surface area contributed by atoms with Gasteiger partial charge in [0.1, 0.15) is 0 Å². The van der Waals surface area contributed by atoms with Gasteiger partial charge >= 0.3 is 5.97 Å². The van der Waals surface area contributed by atoms with Crippen molar-refractivity contribution in [2.75, 3.05) is 0 Å². The maximum Gasteiger partial charge on any atom is 0.304 e. The third kappa shape index (κ3) is 5.77. The van der Waals surface area contributed by atoms with Crippen LogP contribution in [0, 0.1) is 12.8 Å². The van der Waals surface area contributed by atoms with Gasteiger partial charge in [0, 0.05) is 5.92 Å². The van der Waals surface area contributed by atoms with Crippen LogP contribution in [-0.4, -0.2) is 28.8 Å². The number of hydrogen-bond donors (Lipinski definition) is 2. The van der Waals surface area contributed by atoms with Gasteiger partial charge in [-0.1, -0.05) is 36.8 Å². The average molecular weight is 291 g/mol. The first-order valence-corrected chi connectivity index (χ1v) is 6.87. The van der Waals surface area contributed by atoms with E-state index in [-0.39, 0.29) is 12.2 Å². The van der Waals surface area contributed by atoms with Crippen LogP contribution in [-0.2, 0) is 20.8 Å². The summed E-state index contributed by atoms with van der Waals surface area (Å²) in [6.45, 7) is 4.91. The third-order valence-corrected chi connectivity index (χ3v) is 3.26. The molecule has 0 bridgehead atoms. The van der Waals surface area contributed by atoms with E-state index < -0.39 is 23.8 Å². The number of carbonyl (C=O) groups excluding carboxylic acids is 2. The zero-order valence-corrected chi connectivity index (χ0v) is 12.6. The van der Waals surface area contributed by atoms with Gasteiger partial charge in [-0.25, -0.2) is 0 Å². The van der Waals surface area contributed by atoms with E-state index in [0.717, 1.165) is 11.1 Å². The number of benzene rings is 1. The van der Waals surface area contributed by atoms with Gasteiger partial charge < -0.3 is 10.4 Å². The van der Waals surface area contributed by atoms with E-state index >= 15 is 0 Å². The number of aliphatic carboxylic acids is 1. The normalized spacial score (nSPS) is 13.3. The Kier molecular flexibility index (Phi) is 6.09. The number of ketones is 1. The summed E-state index contributed by atoms with van der Waals surface area (Å²) in [6.07, 6.45) is 0.156. The quantitative estimate of drug-likeness (QED) is 0.801. The first kappa shape index (κ1) is 16.9. The number of carboxylic acids is 1. The zero-order valence-electron chi connectivity index (χ0n) is 12.6. The molecule has 0 aliphatic carbocycles. The van der Waals surface area contributed by atoms with Crippen molar-refractivity contribution >= 4 is 17.7 Å². The van der Waals surface area contributed by atoms with Gasteiger partial charge in [-0.05, 0) is 25.8 Å². The molecule has 21 heavy (non-hydrogen) atoms. The van der Waals surface area contributed by atoms with Crippen LogP contribution < -0.4 is 5.32 Å². The van der Waals surface area contributed by atoms with E-state index in [4.69, 9.17) is 5.11 Å². The lowest BCUT2D eigenvalue weighted by Crippen LogP contribution is -2.44. The molecule has 0 saturated carbocycles. The predicted molar refractivity (Wildman–Crippen MR) is 78.9 cm³/mol. The van der Waals surface area contributed by atoms with E-state index in [2.05, 4.69) is 5.32 Å². The Bertz CT molecular complexity index is 539. The Morgan fingerprint density at radius 3 is 2.48 bits per heavy atom. The highest BCUT2D eigenvalue weighted by Gasteiger charge is 2.22. The lowest BCUT2D eigenvalue weighted by atomic mass is 10.00. The predicted octanol–water partition coefficient (Wildman–Crippen LogP) is 1.72. The summed E-state index contributed by atoms with van der Waals surface area (Å²) in [5.41, 5.74) is 2.04. The van der Waals surface area contributed by atoms with E-state index in [9.17, 15) is 14.4 Å². The number of amides is 1. The Balaban J connectivity index is 2.72. The number of hydrogen-bond acceptors (Lipinski definition) is 3. The molecule has 1 amide bonds. The molecule has 0 fully saturated rings. The lowest BCUT2D eigenvalue weighted by Gasteiger charge is -2.18. The second-order valence-electron chi connectivity index (χ2n) is 5.36.